The molecule has 0 aromatic heterocycles. The van der Waals surface area contributed by atoms with Crippen LogP contribution in [0.4, 0.5) is 0 Å². The first kappa shape index (κ1) is 3.51. The van der Waals surface area contributed by atoms with E-state index in [4.69, 9.17) is 7.85 Å². The first-order chi connectivity index (χ1) is 4.61. The van der Waals surface area contributed by atoms with E-state index in [1.54, 1.807) is 0 Å². The van der Waals surface area contributed by atoms with E-state index < -0.39 is 0 Å². The third kappa shape index (κ3) is 1.23. The molecule has 0 fully saturated rings. The lowest BCUT2D eigenvalue weighted by Gasteiger charge is -1.87. The maximum absolute atomic E-state index is 8.86. The number of hydrogen-bond donors (Lipinski definition) is 1. The lowest BCUT2D eigenvalue weighted by Crippen LogP contribution is -1.61. The summed E-state index contributed by atoms with van der Waals surface area (Å²) in [5, 5.41) is 8.86. The molecule has 8 heavy (non-hydrogen) atoms. The Morgan fingerprint density at radius 3 is 2.50 bits per heavy atom. The number of hydrogen-bond acceptors (Lipinski definition) is 1. The number of rotatable bonds is 0. The van der Waals surface area contributed by atoms with Crippen LogP contribution in [-0.4, -0.2) is 5.11 Å². The molecule has 0 bridgehead atoms. The van der Waals surface area contributed by atoms with Crippen LogP contribution in [0.25, 0.3) is 0 Å². The fourth-order valence-electron chi connectivity index (χ4n) is 0.358. The molecule has 0 aliphatic rings. The molecule has 0 aliphatic carbocycles. The summed E-state index contributed by atoms with van der Waals surface area (Å²) in [6.45, 7) is 0. The summed E-state index contributed by atoms with van der Waals surface area (Å²) in [6, 6.07) is 2.82. The van der Waals surface area contributed by atoms with Crippen molar-refractivity contribution < 1.29 is 7.85 Å². The van der Waals surface area contributed by atoms with Crippen LogP contribution in [-0.2, 0) is 0 Å². The Hall–Kier alpha value is -0.500. The summed E-state index contributed by atoms with van der Waals surface area (Å²) >= 11 is 3.03. The zero-order valence-corrected chi connectivity index (χ0v) is 5.57. The average molecular weight is 175 g/mol. The number of halogens is 1. The highest BCUT2D eigenvalue weighted by Gasteiger charge is 1.83. The summed E-state index contributed by atoms with van der Waals surface area (Å²) in [5.74, 6) is -0.0433. The molecule has 42 valence electrons. The molecule has 0 unspecified atom stereocenters. The van der Waals surface area contributed by atoms with E-state index in [2.05, 4.69) is 15.9 Å². The molecule has 1 nitrogen and oxygen atoms in total. The van der Waals surface area contributed by atoms with Crippen LogP contribution >= 0.6 is 15.9 Å². The molecule has 0 saturated heterocycles. The third-order valence-electron chi connectivity index (χ3n) is 0.694. The van der Waals surface area contributed by atoms with E-state index in [-0.39, 0.29) is 17.8 Å². The molecule has 1 aromatic carbocycles. The minimum Gasteiger partial charge on any atom is -0.508 e. The van der Waals surface area contributed by atoms with Crippen LogP contribution < -0.4 is 0 Å². The van der Waals surface area contributed by atoms with Crippen LogP contribution in [0.15, 0.2) is 28.7 Å². The Kier molecular flexibility index (Phi) is 0.956. The highest BCUT2D eigenvalue weighted by Crippen LogP contribution is 2.13. The normalized spacial score (nSPS) is 12.6. The second-order valence-electron chi connectivity index (χ2n) is 1.32. The van der Waals surface area contributed by atoms with Gasteiger partial charge in [-0.05, 0) is 24.2 Å². The summed E-state index contributed by atoms with van der Waals surface area (Å²) < 4.78 is 14.8. The predicted octanol–water partition coefficient (Wildman–Crippen LogP) is 2.15. The zero-order valence-electron chi connectivity index (χ0n) is 5.98. The van der Waals surface area contributed by atoms with Crippen LogP contribution in [0.1, 0.15) is 2.74 Å². The van der Waals surface area contributed by atoms with Gasteiger partial charge in [-0.3, -0.25) is 0 Å². The highest BCUT2D eigenvalue weighted by atomic mass is 79.9. The molecule has 0 aliphatic heterocycles. The Labute approximate surface area is 58.9 Å². The van der Waals surface area contributed by atoms with Gasteiger partial charge >= 0.3 is 0 Å². The Morgan fingerprint density at radius 2 is 2.00 bits per heavy atom. The molecule has 0 spiro atoms. The third-order valence-corrected chi connectivity index (χ3v) is 1.15. The van der Waals surface area contributed by atoms with E-state index in [1.807, 2.05) is 0 Å². The zero-order chi connectivity index (χ0) is 7.72. The van der Waals surface area contributed by atoms with Gasteiger partial charge in [0.05, 0.1) is 2.74 Å². The fraction of sp³-hybridized carbons (Fsp3) is 0. The van der Waals surface area contributed by atoms with Crippen LogP contribution in [0.3, 0.4) is 0 Å². The predicted molar refractivity (Wildman–Crippen MR) is 35.8 cm³/mol. The first-order valence-electron chi connectivity index (χ1n) is 3.07. The van der Waals surface area contributed by atoms with Gasteiger partial charge < -0.3 is 5.11 Å². The molecule has 2 heteroatoms. The second kappa shape index (κ2) is 2.18. The van der Waals surface area contributed by atoms with Gasteiger partial charge in [-0.2, -0.15) is 0 Å². The number of phenols is 1. The smallest absolute Gasteiger partial charge is 0.115 e. The molecular weight excluding hydrogens is 168 g/mol. The molecule has 0 radical (unpaired) electrons. The van der Waals surface area contributed by atoms with Crippen LogP contribution in [0, 0.1) is 0 Å². The fourth-order valence-corrected chi connectivity index (χ4v) is 0.587. The van der Waals surface area contributed by atoms with E-state index in [9.17, 15) is 0 Å². The van der Waals surface area contributed by atoms with Crippen molar-refractivity contribution in [3.05, 3.63) is 28.7 Å². The molecule has 0 amide bonds. The standard InChI is InChI=1S/C6H5BrO/c7-5-1-3-6(8)4-2-5/h1-4,8H/i1D,2D. The van der Waals surface area contributed by atoms with Crippen molar-refractivity contribution in [2.45, 2.75) is 0 Å². The van der Waals surface area contributed by atoms with Gasteiger partial charge in [-0.25, -0.2) is 0 Å². The quantitative estimate of drug-likeness (QED) is 0.640. The van der Waals surface area contributed by atoms with Gasteiger partial charge in [0.25, 0.3) is 0 Å². The molecular formula is C6H5BrO. The van der Waals surface area contributed by atoms with Crippen molar-refractivity contribution in [3.8, 4) is 5.75 Å². The summed E-state index contributed by atoms with van der Waals surface area (Å²) in [7, 11) is 0. The van der Waals surface area contributed by atoms with Crippen molar-refractivity contribution in [1.82, 2.24) is 0 Å². The van der Waals surface area contributed by atoms with Crippen LogP contribution in [0.2, 0.25) is 0 Å². The van der Waals surface area contributed by atoms with Gasteiger partial charge in [-0.1, -0.05) is 15.9 Å². The minimum atomic E-state index is -0.0433. The lowest BCUT2D eigenvalue weighted by molar-refractivity contribution is 0.475. The molecule has 1 aromatic rings. The molecule has 1 N–H and O–H groups in total. The number of phenolic OH excluding ortho intramolecular Hbond substituents is 1. The maximum Gasteiger partial charge on any atom is 0.115 e. The Bertz CT molecular complexity index is 239. The second-order valence-corrected chi connectivity index (χ2v) is 2.11. The highest BCUT2D eigenvalue weighted by molar-refractivity contribution is 9.10. The topological polar surface area (TPSA) is 20.2 Å². The van der Waals surface area contributed by atoms with Gasteiger partial charge in [0.15, 0.2) is 0 Å². The monoisotopic (exact) mass is 174 g/mol. The van der Waals surface area contributed by atoms with Crippen molar-refractivity contribution in [2.75, 3.05) is 0 Å². The van der Waals surface area contributed by atoms with Crippen molar-refractivity contribution >= 4 is 15.9 Å². The van der Waals surface area contributed by atoms with Gasteiger partial charge in [-0.15, -0.1) is 0 Å². The molecule has 0 atom stereocenters. The lowest BCUT2D eigenvalue weighted by atomic mass is 10.3. The van der Waals surface area contributed by atoms with Crippen molar-refractivity contribution in [2.24, 2.45) is 0 Å². The largest absolute Gasteiger partial charge is 0.508 e. The molecule has 1 rings (SSSR count). The van der Waals surface area contributed by atoms with E-state index in [0.29, 0.717) is 4.47 Å². The number of aromatic hydroxyl groups is 1. The first-order valence-corrected chi connectivity index (χ1v) is 2.86. The van der Waals surface area contributed by atoms with Crippen molar-refractivity contribution in [3.63, 3.8) is 0 Å². The van der Waals surface area contributed by atoms with E-state index in [1.165, 1.54) is 12.1 Å². The Morgan fingerprint density at radius 1 is 1.50 bits per heavy atom. The van der Waals surface area contributed by atoms with Gasteiger partial charge in [0.2, 0.25) is 0 Å². The molecule has 0 saturated carbocycles. The van der Waals surface area contributed by atoms with E-state index in [0.717, 1.165) is 0 Å². The summed E-state index contributed by atoms with van der Waals surface area (Å²) in [6.07, 6.45) is 0. The average Bonchev–Trinajstić information content (AvgIpc) is 1.82. The van der Waals surface area contributed by atoms with E-state index >= 15 is 0 Å². The Balaban J connectivity index is 3.31. The molecule has 0 heterocycles. The SMILES string of the molecule is [2H]c1cc(O)cc([2H])c1Br. The minimum absolute atomic E-state index is 0.0433. The summed E-state index contributed by atoms with van der Waals surface area (Å²) in [4.78, 5) is 0. The van der Waals surface area contributed by atoms with Crippen LogP contribution in [0.5, 0.6) is 5.75 Å². The maximum atomic E-state index is 8.86. The van der Waals surface area contributed by atoms with Gasteiger partial charge in [0.1, 0.15) is 5.75 Å². The van der Waals surface area contributed by atoms with Gasteiger partial charge in [0, 0.05) is 4.47 Å². The summed E-state index contributed by atoms with van der Waals surface area (Å²) in [5.41, 5.74) is 0. The number of benzene rings is 1. The van der Waals surface area contributed by atoms with Crippen molar-refractivity contribution in [1.29, 1.82) is 0 Å².